The Hall–Kier alpha value is -3.74. The first kappa shape index (κ1) is 19.9. The molecule has 7 nitrogen and oxygen atoms in total. The van der Waals surface area contributed by atoms with Gasteiger partial charge in [0.2, 0.25) is 5.91 Å². The summed E-state index contributed by atoms with van der Waals surface area (Å²) in [7, 11) is 1.75. The number of hydrogen-bond donors (Lipinski definition) is 1. The predicted octanol–water partition coefficient (Wildman–Crippen LogP) is 2.93. The minimum atomic E-state index is -0.168. The van der Waals surface area contributed by atoms with Crippen molar-refractivity contribution in [2.24, 2.45) is 13.0 Å². The summed E-state index contributed by atoms with van der Waals surface area (Å²) < 4.78 is 3.06. The van der Waals surface area contributed by atoms with Crippen LogP contribution in [0, 0.1) is 5.92 Å². The molecule has 0 radical (unpaired) electrons. The Labute approximate surface area is 191 Å². The van der Waals surface area contributed by atoms with E-state index in [0.717, 1.165) is 6.42 Å². The van der Waals surface area contributed by atoms with Crippen molar-refractivity contribution in [1.82, 2.24) is 24.6 Å². The molecule has 0 saturated carbocycles. The Morgan fingerprint density at radius 2 is 1.73 bits per heavy atom. The van der Waals surface area contributed by atoms with E-state index in [1.807, 2.05) is 0 Å². The standard InChI is InChI=1S/C26H25N5O2/c1-30-25-22(14-29-30)26(33)31(15-28-25)11-10-23(32)27-13-16-12-21-17-6-2-4-8-19(17)24(16)20-9-5-3-7-18(20)21/h2-9,14-16,21,24H,10-13H2,1H3,(H,27,32). The fourth-order valence-corrected chi connectivity index (χ4v) is 5.74. The van der Waals surface area contributed by atoms with E-state index in [-0.39, 0.29) is 17.9 Å². The molecule has 1 amide bonds. The van der Waals surface area contributed by atoms with Crippen molar-refractivity contribution in [1.29, 1.82) is 0 Å². The molecule has 1 N–H and O–H groups in total. The van der Waals surface area contributed by atoms with Gasteiger partial charge in [-0.15, -0.1) is 0 Å². The van der Waals surface area contributed by atoms with Crippen LogP contribution in [0.1, 0.15) is 46.9 Å². The fourth-order valence-electron chi connectivity index (χ4n) is 5.74. The lowest BCUT2D eigenvalue weighted by Crippen LogP contribution is -2.39. The van der Waals surface area contributed by atoms with Crippen LogP contribution in [0.4, 0.5) is 0 Å². The molecule has 2 bridgehead atoms. The van der Waals surface area contributed by atoms with Crippen LogP contribution in [-0.2, 0) is 18.4 Å². The average Bonchev–Trinajstić information content (AvgIpc) is 3.24. The zero-order valence-corrected chi connectivity index (χ0v) is 18.4. The van der Waals surface area contributed by atoms with Gasteiger partial charge in [0.05, 0.1) is 12.5 Å². The third kappa shape index (κ3) is 3.18. The Bertz CT molecular complexity index is 1390. The van der Waals surface area contributed by atoms with E-state index in [1.165, 1.54) is 39.3 Å². The summed E-state index contributed by atoms with van der Waals surface area (Å²) in [4.78, 5) is 29.6. The molecule has 1 unspecified atom stereocenters. The van der Waals surface area contributed by atoms with E-state index < -0.39 is 0 Å². The molecule has 3 aliphatic rings. The molecule has 0 saturated heterocycles. The SMILES string of the molecule is Cn1ncc2c(=O)n(CCC(=O)NCC3CC4c5ccccc5C3c3ccccc34)cnc21. The number of fused-ring (bicyclic) bond motifs is 2. The molecule has 33 heavy (non-hydrogen) atoms. The first-order valence-corrected chi connectivity index (χ1v) is 11.4. The van der Waals surface area contributed by atoms with Crippen LogP contribution >= 0.6 is 0 Å². The van der Waals surface area contributed by atoms with Gasteiger partial charge in [0.25, 0.3) is 5.56 Å². The second kappa shape index (κ2) is 7.69. The molecular formula is C26H25N5O2. The maximum Gasteiger partial charge on any atom is 0.264 e. The highest BCUT2D eigenvalue weighted by atomic mass is 16.1. The number of benzene rings is 2. The summed E-state index contributed by atoms with van der Waals surface area (Å²) in [5.74, 6) is 1.01. The molecule has 7 rings (SSSR count). The average molecular weight is 440 g/mol. The smallest absolute Gasteiger partial charge is 0.264 e. The van der Waals surface area contributed by atoms with E-state index in [2.05, 4.69) is 63.9 Å². The largest absolute Gasteiger partial charge is 0.356 e. The highest BCUT2D eigenvalue weighted by Crippen LogP contribution is 2.55. The van der Waals surface area contributed by atoms with Gasteiger partial charge >= 0.3 is 0 Å². The van der Waals surface area contributed by atoms with E-state index in [4.69, 9.17) is 0 Å². The first-order valence-electron chi connectivity index (χ1n) is 11.4. The number of aromatic nitrogens is 4. The molecule has 4 aromatic rings. The van der Waals surface area contributed by atoms with E-state index >= 15 is 0 Å². The number of nitrogens with one attached hydrogen (secondary N) is 1. The van der Waals surface area contributed by atoms with Crippen molar-refractivity contribution in [2.45, 2.75) is 31.2 Å². The monoisotopic (exact) mass is 439 g/mol. The Morgan fingerprint density at radius 3 is 2.42 bits per heavy atom. The summed E-state index contributed by atoms with van der Waals surface area (Å²) in [6.45, 7) is 0.933. The molecule has 166 valence electrons. The van der Waals surface area contributed by atoms with Crippen molar-refractivity contribution in [3.8, 4) is 0 Å². The minimum Gasteiger partial charge on any atom is -0.356 e. The highest BCUT2D eigenvalue weighted by Gasteiger charge is 2.42. The predicted molar refractivity (Wildman–Crippen MR) is 125 cm³/mol. The third-order valence-corrected chi connectivity index (χ3v) is 7.28. The Morgan fingerprint density at radius 1 is 1.06 bits per heavy atom. The van der Waals surface area contributed by atoms with Crippen LogP contribution in [0.5, 0.6) is 0 Å². The zero-order valence-electron chi connectivity index (χ0n) is 18.4. The Kier molecular flexibility index (Phi) is 4.64. The third-order valence-electron chi connectivity index (χ3n) is 7.28. The first-order chi connectivity index (χ1) is 16.1. The van der Waals surface area contributed by atoms with Crippen molar-refractivity contribution < 1.29 is 4.79 Å². The van der Waals surface area contributed by atoms with Crippen molar-refractivity contribution in [2.75, 3.05) is 6.54 Å². The lowest BCUT2D eigenvalue weighted by molar-refractivity contribution is -0.121. The van der Waals surface area contributed by atoms with Gasteiger partial charge in [-0.25, -0.2) is 4.98 Å². The molecule has 2 aromatic heterocycles. The normalized spacial score (nSPS) is 20.5. The highest BCUT2D eigenvalue weighted by molar-refractivity contribution is 5.76. The van der Waals surface area contributed by atoms with Gasteiger partial charge in [0.1, 0.15) is 5.39 Å². The molecular weight excluding hydrogens is 414 g/mol. The second-order valence-electron chi connectivity index (χ2n) is 9.09. The van der Waals surface area contributed by atoms with Crippen molar-refractivity contribution in [3.05, 3.63) is 93.7 Å². The summed E-state index contributed by atoms with van der Waals surface area (Å²) in [6.07, 6.45) is 4.30. The summed E-state index contributed by atoms with van der Waals surface area (Å²) in [6, 6.07) is 17.5. The van der Waals surface area contributed by atoms with Gasteiger partial charge in [-0.1, -0.05) is 48.5 Å². The quantitative estimate of drug-likeness (QED) is 0.518. The van der Waals surface area contributed by atoms with Gasteiger partial charge < -0.3 is 5.32 Å². The van der Waals surface area contributed by atoms with Crippen LogP contribution in [-0.4, -0.2) is 31.8 Å². The molecule has 7 heteroatoms. The number of carbonyl (C=O) groups is 1. The van der Waals surface area contributed by atoms with E-state index in [0.29, 0.717) is 41.9 Å². The zero-order chi connectivity index (χ0) is 22.5. The number of hydrogen-bond acceptors (Lipinski definition) is 4. The molecule has 1 atom stereocenters. The second-order valence-corrected chi connectivity index (χ2v) is 9.09. The van der Waals surface area contributed by atoms with Crippen LogP contribution in [0.15, 0.2) is 65.8 Å². The molecule has 0 spiro atoms. The number of aryl methyl sites for hydroxylation is 2. The minimum absolute atomic E-state index is 0.0452. The van der Waals surface area contributed by atoms with E-state index in [9.17, 15) is 9.59 Å². The van der Waals surface area contributed by atoms with Crippen molar-refractivity contribution >= 4 is 16.9 Å². The van der Waals surface area contributed by atoms with Gasteiger partial charge in [0.15, 0.2) is 5.65 Å². The van der Waals surface area contributed by atoms with Gasteiger partial charge in [-0.3, -0.25) is 18.8 Å². The lowest BCUT2D eigenvalue weighted by Gasteiger charge is -2.45. The molecule has 3 aliphatic carbocycles. The van der Waals surface area contributed by atoms with Crippen molar-refractivity contribution in [3.63, 3.8) is 0 Å². The van der Waals surface area contributed by atoms with Crippen LogP contribution in [0.2, 0.25) is 0 Å². The van der Waals surface area contributed by atoms with Gasteiger partial charge in [0, 0.05) is 38.4 Å². The molecule has 2 aromatic carbocycles. The fraction of sp³-hybridized carbons (Fsp3) is 0.308. The van der Waals surface area contributed by atoms with E-state index in [1.54, 1.807) is 11.7 Å². The number of nitrogens with zero attached hydrogens (tertiary/aromatic N) is 4. The summed E-state index contributed by atoms with van der Waals surface area (Å²) in [5.41, 5.74) is 6.04. The molecule has 2 heterocycles. The van der Waals surface area contributed by atoms with Crippen LogP contribution < -0.4 is 10.9 Å². The topological polar surface area (TPSA) is 81.8 Å². The maximum absolute atomic E-state index is 12.7. The van der Waals surface area contributed by atoms with Gasteiger partial charge in [-0.2, -0.15) is 5.10 Å². The maximum atomic E-state index is 12.7. The number of amides is 1. The molecule has 0 aliphatic heterocycles. The van der Waals surface area contributed by atoms with Crippen LogP contribution in [0.25, 0.3) is 11.0 Å². The molecule has 0 fully saturated rings. The van der Waals surface area contributed by atoms with Gasteiger partial charge in [-0.05, 0) is 34.6 Å². The van der Waals surface area contributed by atoms with Crippen LogP contribution in [0.3, 0.4) is 0 Å². The Balaban J connectivity index is 1.15. The number of carbonyl (C=O) groups excluding carboxylic acids is 1. The number of rotatable bonds is 5. The lowest BCUT2D eigenvalue weighted by atomic mass is 9.59. The summed E-state index contributed by atoms with van der Waals surface area (Å²) in [5, 5.41) is 7.69. The summed E-state index contributed by atoms with van der Waals surface area (Å²) >= 11 is 0.